The van der Waals surface area contributed by atoms with Gasteiger partial charge in [0, 0.05) is 6.07 Å². The number of nitrogens with two attached hydrogens (primary N) is 1. The van der Waals surface area contributed by atoms with E-state index in [0.717, 1.165) is 10.6 Å². The van der Waals surface area contributed by atoms with E-state index in [1.165, 1.54) is 33.2 Å². The number of thioether (sulfide) groups is 1. The number of hydrogen-bond donors (Lipinski definition) is 1. The Kier molecular flexibility index (Phi) is 4.63. The van der Waals surface area contributed by atoms with Crippen LogP contribution in [-0.4, -0.2) is 0 Å². The molecule has 0 radical (unpaired) electrons. The lowest BCUT2D eigenvalue weighted by Gasteiger charge is -2.12. The van der Waals surface area contributed by atoms with Gasteiger partial charge in [-0.05, 0) is 48.6 Å². The Morgan fingerprint density at radius 2 is 1.83 bits per heavy atom. The molecule has 0 amide bonds. The topological polar surface area (TPSA) is 29.9 Å². The van der Waals surface area contributed by atoms with Crippen LogP contribution in [0.1, 0.15) is 19.4 Å². The fourth-order valence-electron chi connectivity index (χ4n) is 2.94. The summed E-state index contributed by atoms with van der Waals surface area (Å²) in [7, 11) is 2.08. The van der Waals surface area contributed by atoms with Crippen molar-refractivity contribution in [2.24, 2.45) is 7.05 Å². The number of nitrogens with zero attached hydrogens (tertiary/aromatic N) is 1. The summed E-state index contributed by atoms with van der Waals surface area (Å²) in [5, 5.41) is 4.71. The highest BCUT2D eigenvalue weighted by Gasteiger charge is 2.21. The van der Waals surface area contributed by atoms with E-state index in [4.69, 9.17) is 5.73 Å². The van der Waals surface area contributed by atoms with Crippen molar-refractivity contribution >= 4 is 28.2 Å². The van der Waals surface area contributed by atoms with E-state index in [-0.39, 0.29) is 0 Å². The van der Waals surface area contributed by atoms with Crippen molar-refractivity contribution in [3.05, 3.63) is 65.2 Å². The fraction of sp³-hybridized carbons (Fsp3) is 0.190. The summed E-state index contributed by atoms with van der Waals surface area (Å²) >= 11 is 1.70. The zero-order valence-electron chi connectivity index (χ0n) is 14.6. The van der Waals surface area contributed by atoms with E-state index < -0.39 is 0 Å². The van der Waals surface area contributed by atoms with Crippen molar-refractivity contribution in [1.29, 1.82) is 0 Å². The molecule has 0 saturated heterocycles. The first-order valence-electron chi connectivity index (χ1n) is 8.06. The minimum Gasteiger partial charge on any atom is -0.397 e. The largest absolute Gasteiger partial charge is 0.397 e. The number of pyridine rings is 1. The minimum absolute atomic E-state index is 0.818. The molecule has 3 aromatic rings. The van der Waals surface area contributed by atoms with Crippen LogP contribution < -0.4 is 10.3 Å². The molecule has 2 nitrogen and oxygen atoms in total. The lowest BCUT2D eigenvalue weighted by Crippen LogP contribution is -2.31. The number of allylic oxidation sites excluding steroid dienone is 1. The Balaban J connectivity index is 2.28. The first-order chi connectivity index (χ1) is 11.5. The van der Waals surface area contributed by atoms with Gasteiger partial charge in [-0.15, -0.1) is 0 Å². The predicted octanol–water partition coefficient (Wildman–Crippen LogP) is 5.24. The molecule has 0 atom stereocenters. The quantitative estimate of drug-likeness (QED) is 0.524. The maximum atomic E-state index is 6.31. The highest BCUT2D eigenvalue weighted by Crippen LogP contribution is 2.37. The van der Waals surface area contributed by atoms with Crippen LogP contribution in [0.4, 0.5) is 5.69 Å². The van der Waals surface area contributed by atoms with Crippen LogP contribution in [0.3, 0.4) is 0 Å². The van der Waals surface area contributed by atoms with Crippen molar-refractivity contribution in [2.75, 3.05) is 5.73 Å². The minimum atomic E-state index is 0.818. The van der Waals surface area contributed by atoms with Gasteiger partial charge in [-0.25, -0.2) is 0 Å². The zero-order chi connectivity index (χ0) is 17.3. The molecule has 122 valence electrons. The smallest absolute Gasteiger partial charge is 0.228 e. The van der Waals surface area contributed by atoms with Crippen LogP contribution in [0, 0.1) is 6.92 Å². The summed E-state index contributed by atoms with van der Waals surface area (Å²) in [5.41, 5.74) is 12.1. The molecule has 0 saturated carbocycles. The van der Waals surface area contributed by atoms with Crippen LogP contribution in [-0.2, 0) is 7.05 Å². The number of anilines is 1. The molecule has 0 aliphatic carbocycles. The van der Waals surface area contributed by atoms with Crippen LogP contribution in [0.2, 0.25) is 0 Å². The molecular formula is C21H23N2S+. The SMILES string of the molecule is CC(C)=CSc1c(N)cc[n+](C)c1-c1ccc2ccccc2c1C. The highest BCUT2D eigenvalue weighted by molar-refractivity contribution is 8.02. The summed E-state index contributed by atoms with van der Waals surface area (Å²) in [6, 6.07) is 14.9. The molecule has 0 aliphatic rings. The van der Waals surface area contributed by atoms with Crippen LogP contribution in [0.15, 0.2) is 64.5 Å². The first-order valence-corrected chi connectivity index (χ1v) is 8.94. The molecule has 3 heteroatoms. The van der Waals surface area contributed by atoms with Crippen LogP contribution in [0.25, 0.3) is 22.0 Å². The van der Waals surface area contributed by atoms with Gasteiger partial charge in [0.25, 0.3) is 0 Å². The van der Waals surface area contributed by atoms with Crippen LogP contribution >= 0.6 is 11.8 Å². The monoisotopic (exact) mass is 335 g/mol. The zero-order valence-corrected chi connectivity index (χ0v) is 15.4. The molecule has 3 rings (SSSR count). The summed E-state index contributed by atoms with van der Waals surface area (Å²) in [4.78, 5) is 1.11. The second-order valence-electron chi connectivity index (χ2n) is 6.33. The predicted molar refractivity (Wildman–Crippen MR) is 105 cm³/mol. The number of hydrogen-bond acceptors (Lipinski definition) is 2. The molecule has 0 fully saturated rings. The number of benzene rings is 2. The van der Waals surface area contributed by atoms with Gasteiger partial charge in [0.1, 0.15) is 11.9 Å². The molecule has 24 heavy (non-hydrogen) atoms. The third-order valence-electron chi connectivity index (χ3n) is 4.17. The number of nitrogen functional groups attached to an aromatic ring is 1. The molecule has 0 aliphatic heterocycles. The van der Waals surface area contributed by atoms with Crippen molar-refractivity contribution < 1.29 is 4.57 Å². The standard InChI is InChI=1S/C21H22N2S/c1-14(2)13-24-21-19(22)11-12-23(4)20(21)18-10-9-16-7-5-6-8-17(16)15(18)3/h5-13,22H,1-4H3/p+1. The van der Waals surface area contributed by atoms with Gasteiger partial charge < -0.3 is 5.73 Å². The fourth-order valence-corrected chi connectivity index (χ4v) is 3.86. The molecule has 2 aromatic carbocycles. The lowest BCUT2D eigenvalue weighted by molar-refractivity contribution is -0.661. The van der Waals surface area contributed by atoms with Gasteiger partial charge in [-0.1, -0.05) is 47.7 Å². The van der Waals surface area contributed by atoms with Gasteiger partial charge in [0.15, 0.2) is 6.20 Å². The maximum Gasteiger partial charge on any atom is 0.228 e. The Morgan fingerprint density at radius 3 is 2.58 bits per heavy atom. The summed E-state index contributed by atoms with van der Waals surface area (Å²) in [5.74, 6) is 0. The third-order valence-corrected chi connectivity index (χ3v) is 5.43. The molecule has 0 unspecified atom stereocenters. The van der Waals surface area contributed by atoms with Crippen molar-refractivity contribution in [3.8, 4) is 11.3 Å². The highest BCUT2D eigenvalue weighted by atomic mass is 32.2. The Bertz CT molecular complexity index is 938. The maximum absolute atomic E-state index is 6.31. The summed E-state index contributed by atoms with van der Waals surface area (Å²) in [6.45, 7) is 6.40. The van der Waals surface area contributed by atoms with Gasteiger partial charge in [0.2, 0.25) is 5.69 Å². The second-order valence-corrected chi connectivity index (χ2v) is 7.21. The number of rotatable bonds is 3. The number of aryl methyl sites for hydroxylation is 2. The molecule has 0 spiro atoms. The van der Waals surface area contributed by atoms with Crippen molar-refractivity contribution in [3.63, 3.8) is 0 Å². The Hall–Kier alpha value is -2.26. The normalized spacial score (nSPS) is 10.8. The average molecular weight is 335 g/mol. The summed E-state index contributed by atoms with van der Waals surface area (Å²) in [6.07, 6.45) is 2.03. The van der Waals surface area contributed by atoms with Gasteiger partial charge >= 0.3 is 0 Å². The Morgan fingerprint density at radius 1 is 1.08 bits per heavy atom. The number of fused-ring (bicyclic) bond motifs is 1. The average Bonchev–Trinajstić information content (AvgIpc) is 2.56. The molecular weight excluding hydrogens is 312 g/mol. The van der Waals surface area contributed by atoms with Gasteiger partial charge in [0.05, 0.1) is 11.3 Å². The molecule has 2 N–H and O–H groups in total. The van der Waals surface area contributed by atoms with E-state index in [1.54, 1.807) is 11.8 Å². The van der Waals surface area contributed by atoms with Crippen LogP contribution in [0.5, 0.6) is 0 Å². The van der Waals surface area contributed by atoms with E-state index in [1.807, 2.05) is 12.3 Å². The van der Waals surface area contributed by atoms with Crippen molar-refractivity contribution in [1.82, 2.24) is 0 Å². The summed E-state index contributed by atoms with van der Waals surface area (Å²) < 4.78 is 2.16. The molecule has 1 heterocycles. The second kappa shape index (κ2) is 6.70. The molecule has 1 aromatic heterocycles. The first kappa shape index (κ1) is 16.6. The van der Waals surface area contributed by atoms with Gasteiger partial charge in [-0.3, -0.25) is 0 Å². The Labute approximate surface area is 148 Å². The van der Waals surface area contributed by atoms with E-state index in [2.05, 4.69) is 74.2 Å². The van der Waals surface area contributed by atoms with E-state index >= 15 is 0 Å². The van der Waals surface area contributed by atoms with Gasteiger partial charge in [-0.2, -0.15) is 4.57 Å². The van der Waals surface area contributed by atoms with Crippen molar-refractivity contribution in [2.45, 2.75) is 25.7 Å². The third kappa shape index (κ3) is 3.04. The van der Waals surface area contributed by atoms with E-state index in [0.29, 0.717) is 0 Å². The lowest BCUT2D eigenvalue weighted by atomic mass is 9.97. The number of aromatic nitrogens is 1. The molecule has 0 bridgehead atoms. The van der Waals surface area contributed by atoms with E-state index in [9.17, 15) is 0 Å².